The first-order chi connectivity index (χ1) is 11.4. The molecular weight excluding hydrogens is 300 g/mol. The summed E-state index contributed by atoms with van der Waals surface area (Å²) in [7, 11) is 0. The molecule has 126 valence electrons. The molecule has 0 radical (unpaired) electrons. The molecule has 1 atom stereocenters. The Morgan fingerprint density at radius 3 is 2.17 bits per heavy atom. The van der Waals surface area contributed by atoms with E-state index in [4.69, 9.17) is 0 Å². The maximum absolute atomic E-state index is 12.6. The Bertz CT molecular complexity index is 721. The fourth-order valence-corrected chi connectivity index (χ4v) is 2.41. The van der Waals surface area contributed by atoms with Gasteiger partial charge in [0.1, 0.15) is 6.04 Å². The highest BCUT2D eigenvalue weighted by Gasteiger charge is 2.24. The normalized spacial score (nSPS) is 11.9. The zero-order chi connectivity index (χ0) is 17.7. The van der Waals surface area contributed by atoms with Crippen LogP contribution in [-0.2, 0) is 4.79 Å². The third kappa shape index (κ3) is 4.69. The van der Waals surface area contributed by atoms with E-state index in [9.17, 15) is 9.59 Å². The molecule has 0 bridgehead atoms. The highest BCUT2D eigenvalue weighted by atomic mass is 16.2. The van der Waals surface area contributed by atoms with Gasteiger partial charge < -0.3 is 10.6 Å². The van der Waals surface area contributed by atoms with E-state index < -0.39 is 6.04 Å². The van der Waals surface area contributed by atoms with Crippen molar-refractivity contribution >= 4 is 17.5 Å². The van der Waals surface area contributed by atoms with Gasteiger partial charge in [0, 0.05) is 11.3 Å². The van der Waals surface area contributed by atoms with Crippen molar-refractivity contribution < 1.29 is 9.59 Å². The molecule has 0 aromatic heterocycles. The van der Waals surface area contributed by atoms with Gasteiger partial charge in [-0.05, 0) is 49.6 Å². The zero-order valence-electron chi connectivity index (χ0n) is 14.6. The Morgan fingerprint density at radius 1 is 0.917 bits per heavy atom. The molecule has 0 saturated carbocycles. The van der Waals surface area contributed by atoms with Gasteiger partial charge in [-0.3, -0.25) is 9.59 Å². The van der Waals surface area contributed by atoms with Crippen LogP contribution in [0.15, 0.2) is 48.5 Å². The minimum absolute atomic E-state index is 0.0239. The number of benzene rings is 2. The van der Waals surface area contributed by atoms with E-state index in [1.54, 1.807) is 12.1 Å². The summed E-state index contributed by atoms with van der Waals surface area (Å²) >= 11 is 0. The van der Waals surface area contributed by atoms with Crippen LogP contribution in [0.3, 0.4) is 0 Å². The summed E-state index contributed by atoms with van der Waals surface area (Å²) in [6.07, 6.45) is 0. The monoisotopic (exact) mass is 324 g/mol. The standard InChI is InChI=1S/C20H24N2O2/c1-13(2)18(20(24)21-17-7-5-6-15(4)12-17)22-19(23)16-10-8-14(3)9-11-16/h5-13,18H,1-4H3,(H,21,24)(H,22,23). The molecule has 2 rings (SSSR count). The highest BCUT2D eigenvalue weighted by molar-refractivity contribution is 6.01. The molecule has 0 aliphatic heterocycles. The maximum atomic E-state index is 12.6. The number of rotatable bonds is 5. The summed E-state index contributed by atoms with van der Waals surface area (Å²) in [5.41, 5.74) is 3.44. The quantitative estimate of drug-likeness (QED) is 0.881. The first-order valence-corrected chi connectivity index (χ1v) is 8.12. The van der Waals surface area contributed by atoms with E-state index in [1.807, 2.05) is 64.1 Å². The lowest BCUT2D eigenvalue weighted by Crippen LogP contribution is -2.47. The van der Waals surface area contributed by atoms with E-state index >= 15 is 0 Å². The smallest absolute Gasteiger partial charge is 0.251 e. The SMILES string of the molecule is Cc1ccc(C(=O)NC(C(=O)Nc2cccc(C)c2)C(C)C)cc1. The first kappa shape index (κ1) is 17.7. The second-order valence-corrected chi connectivity index (χ2v) is 6.42. The number of nitrogens with one attached hydrogen (secondary N) is 2. The van der Waals surface area contributed by atoms with E-state index in [2.05, 4.69) is 10.6 Å². The Balaban J connectivity index is 2.09. The molecule has 0 spiro atoms. The molecule has 0 heterocycles. The number of carbonyl (C=O) groups excluding carboxylic acids is 2. The number of amides is 2. The van der Waals surface area contributed by atoms with Crippen molar-refractivity contribution in [2.75, 3.05) is 5.32 Å². The number of hydrogen-bond acceptors (Lipinski definition) is 2. The van der Waals surface area contributed by atoms with Crippen LogP contribution in [0.1, 0.15) is 35.3 Å². The lowest BCUT2D eigenvalue weighted by Gasteiger charge is -2.22. The van der Waals surface area contributed by atoms with E-state index in [-0.39, 0.29) is 17.7 Å². The second kappa shape index (κ2) is 7.77. The molecule has 0 aliphatic rings. The fourth-order valence-electron chi connectivity index (χ4n) is 2.41. The largest absolute Gasteiger partial charge is 0.340 e. The molecule has 0 fully saturated rings. The van der Waals surface area contributed by atoms with Gasteiger partial charge in [-0.2, -0.15) is 0 Å². The van der Waals surface area contributed by atoms with Crippen molar-refractivity contribution in [3.63, 3.8) is 0 Å². The molecule has 0 saturated heterocycles. The van der Waals surface area contributed by atoms with Gasteiger partial charge in [0.2, 0.25) is 5.91 Å². The fraction of sp³-hybridized carbons (Fsp3) is 0.300. The Morgan fingerprint density at radius 2 is 1.58 bits per heavy atom. The average molecular weight is 324 g/mol. The van der Waals surface area contributed by atoms with Crippen molar-refractivity contribution in [1.29, 1.82) is 0 Å². The minimum atomic E-state index is -0.598. The van der Waals surface area contributed by atoms with Crippen molar-refractivity contribution in [3.05, 3.63) is 65.2 Å². The molecule has 4 heteroatoms. The topological polar surface area (TPSA) is 58.2 Å². The van der Waals surface area contributed by atoms with Gasteiger partial charge in [-0.15, -0.1) is 0 Å². The van der Waals surface area contributed by atoms with Crippen LogP contribution >= 0.6 is 0 Å². The van der Waals surface area contributed by atoms with Gasteiger partial charge in [0.15, 0.2) is 0 Å². The van der Waals surface area contributed by atoms with Gasteiger partial charge in [0.25, 0.3) is 5.91 Å². The van der Waals surface area contributed by atoms with E-state index in [0.717, 1.165) is 16.8 Å². The zero-order valence-corrected chi connectivity index (χ0v) is 14.6. The van der Waals surface area contributed by atoms with Crippen molar-refractivity contribution in [1.82, 2.24) is 5.32 Å². The molecule has 24 heavy (non-hydrogen) atoms. The van der Waals surface area contributed by atoms with Gasteiger partial charge >= 0.3 is 0 Å². The number of hydrogen-bond donors (Lipinski definition) is 2. The number of carbonyl (C=O) groups is 2. The third-order valence-corrected chi connectivity index (χ3v) is 3.84. The summed E-state index contributed by atoms with van der Waals surface area (Å²) in [5.74, 6) is -0.478. The Kier molecular flexibility index (Phi) is 5.74. The molecule has 2 N–H and O–H groups in total. The number of anilines is 1. The molecule has 2 amide bonds. The van der Waals surface area contributed by atoms with Crippen molar-refractivity contribution in [2.45, 2.75) is 33.7 Å². The molecule has 0 aliphatic carbocycles. The van der Waals surface area contributed by atoms with Crippen LogP contribution in [-0.4, -0.2) is 17.9 Å². The lowest BCUT2D eigenvalue weighted by molar-refractivity contribution is -0.118. The Hall–Kier alpha value is -2.62. The van der Waals surface area contributed by atoms with Crippen LogP contribution in [0.2, 0.25) is 0 Å². The molecular formula is C20H24N2O2. The van der Waals surface area contributed by atoms with Gasteiger partial charge in [0.05, 0.1) is 0 Å². The maximum Gasteiger partial charge on any atom is 0.251 e. The predicted molar refractivity (Wildman–Crippen MR) is 97.1 cm³/mol. The molecule has 2 aromatic rings. The second-order valence-electron chi connectivity index (χ2n) is 6.42. The predicted octanol–water partition coefficient (Wildman–Crippen LogP) is 3.70. The first-order valence-electron chi connectivity index (χ1n) is 8.12. The van der Waals surface area contributed by atoms with Crippen molar-refractivity contribution in [3.8, 4) is 0 Å². The van der Waals surface area contributed by atoms with Crippen LogP contribution < -0.4 is 10.6 Å². The van der Waals surface area contributed by atoms with Crippen LogP contribution in [0, 0.1) is 19.8 Å². The average Bonchev–Trinajstić information content (AvgIpc) is 2.52. The summed E-state index contributed by atoms with van der Waals surface area (Å²) in [5, 5.41) is 5.71. The Labute approximate surface area is 143 Å². The summed E-state index contributed by atoms with van der Waals surface area (Å²) in [6.45, 7) is 7.76. The highest BCUT2D eigenvalue weighted by Crippen LogP contribution is 2.13. The van der Waals surface area contributed by atoms with Gasteiger partial charge in [-0.1, -0.05) is 43.7 Å². The van der Waals surface area contributed by atoms with Crippen LogP contribution in [0.25, 0.3) is 0 Å². The molecule has 4 nitrogen and oxygen atoms in total. The summed E-state index contributed by atoms with van der Waals surface area (Å²) < 4.78 is 0. The summed E-state index contributed by atoms with van der Waals surface area (Å²) in [4.78, 5) is 25.0. The summed E-state index contributed by atoms with van der Waals surface area (Å²) in [6, 6.07) is 14.3. The lowest BCUT2D eigenvalue weighted by atomic mass is 10.0. The minimum Gasteiger partial charge on any atom is -0.340 e. The van der Waals surface area contributed by atoms with Gasteiger partial charge in [-0.25, -0.2) is 0 Å². The van der Waals surface area contributed by atoms with Crippen LogP contribution in [0.4, 0.5) is 5.69 Å². The molecule has 2 aromatic carbocycles. The van der Waals surface area contributed by atoms with Crippen molar-refractivity contribution in [2.24, 2.45) is 5.92 Å². The number of aryl methyl sites for hydroxylation is 2. The third-order valence-electron chi connectivity index (χ3n) is 3.84. The van der Waals surface area contributed by atoms with Crippen LogP contribution in [0.5, 0.6) is 0 Å². The molecule has 1 unspecified atom stereocenters. The van der Waals surface area contributed by atoms with E-state index in [0.29, 0.717) is 5.56 Å². The van der Waals surface area contributed by atoms with E-state index in [1.165, 1.54) is 0 Å².